The lowest BCUT2D eigenvalue weighted by atomic mass is 9.90. The largest absolute Gasteiger partial charge is 0.213 e. The van der Waals surface area contributed by atoms with Gasteiger partial charge >= 0.3 is 0 Å². The van der Waals surface area contributed by atoms with E-state index in [4.69, 9.17) is 0 Å². The molecule has 0 N–H and O–H groups in total. The van der Waals surface area contributed by atoms with Gasteiger partial charge in [0.05, 0.1) is 0 Å². The van der Waals surface area contributed by atoms with Gasteiger partial charge < -0.3 is 0 Å². The van der Waals surface area contributed by atoms with E-state index in [0.29, 0.717) is 5.92 Å². The van der Waals surface area contributed by atoms with Crippen LogP contribution in [0.2, 0.25) is 0 Å². The Morgan fingerprint density at radius 1 is 0.833 bits per heavy atom. The predicted octanol–water partition coefficient (Wildman–Crippen LogP) is 6.95. The Balaban J connectivity index is 1.93. The first kappa shape index (κ1) is 20.3. The van der Waals surface area contributed by atoms with Gasteiger partial charge in [-0.3, -0.25) is 0 Å². The van der Waals surface area contributed by atoms with Gasteiger partial charge in [-0.05, 0) is 78.1 Å². The molecule has 4 rings (SSSR count). The number of pyridine rings is 1. The number of aromatic nitrogens is 1. The highest BCUT2D eigenvalue weighted by atomic mass is 19.1. The molecular formula is C28H29FN+. The van der Waals surface area contributed by atoms with Gasteiger partial charge in [-0.25, -0.2) is 8.96 Å². The Hall–Kier alpha value is -3.00. The summed E-state index contributed by atoms with van der Waals surface area (Å²) in [5, 5.41) is 2.43. The van der Waals surface area contributed by atoms with E-state index in [9.17, 15) is 4.39 Å². The Kier molecular flexibility index (Phi) is 5.42. The maximum Gasteiger partial charge on any atom is 0.213 e. The normalized spacial score (nSPS) is 11.4. The SMILES string of the molecule is Cc1ccc(C)c(-c2cc3cc(CC(C)C)c(-c4ccc(F)cc4)cc3c[n+]2C)c1. The molecule has 0 radical (unpaired) electrons. The van der Waals surface area contributed by atoms with Crippen LogP contribution in [0.1, 0.15) is 30.5 Å². The van der Waals surface area contributed by atoms with Gasteiger partial charge in [0.15, 0.2) is 6.20 Å². The van der Waals surface area contributed by atoms with Gasteiger partial charge in [0, 0.05) is 17.0 Å². The molecular weight excluding hydrogens is 369 g/mol. The summed E-state index contributed by atoms with van der Waals surface area (Å²) in [5.41, 5.74) is 8.60. The van der Waals surface area contributed by atoms with E-state index in [1.54, 1.807) is 12.1 Å². The summed E-state index contributed by atoms with van der Waals surface area (Å²) in [6, 6.07) is 20.3. The molecule has 152 valence electrons. The summed E-state index contributed by atoms with van der Waals surface area (Å²) in [7, 11) is 2.11. The van der Waals surface area contributed by atoms with Crippen LogP contribution in [0.15, 0.2) is 66.9 Å². The van der Waals surface area contributed by atoms with Gasteiger partial charge in [-0.1, -0.05) is 49.7 Å². The number of fused-ring (bicyclic) bond motifs is 1. The van der Waals surface area contributed by atoms with E-state index in [1.165, 1.54) is 44.3 Å². The molecule has 30 heavy (non-hydrogen) atoms. The minimum Gasteiger partial charge on any atom is -0.207 e. The Morgan fingerprint density at radius 3 is 2.27 bits per heavy atom. The molecule has 1 aromatic heterocycles. The van der Waals surface area contributed by atoms with Crippen LogP contribution in [0.25, 0.3) is 33.2 Å². The fourth-order valence-corrected chi connectivity index (χ4v) is 4.23. The van der Waals surface area contributed by atoms with Crippen molar-refractivity contribution in [3.05, 3.63) is 89.4 Å². The second-order valence-corrected chi connectivity index (χ2v) is 8.83. The maximum atomic E-state index is 13.5. The van der Waals surface area contributed by atoms with Crippen LogP contribution in [0.3, 0.4) is 0 Å². The summed E-state index contributed by atoms with van der Waals surface area (Å²) < 4.78 is 15.7. The van der Waals surface area contributed by atoms with Crippen LogP contribution in [0.4, 0.5) is 4.39 Å². The van der Waals surface area contributed by atoms with Crippen molar-refractivity contribution in [3.8, 4) is 22.4 Å². The number of rotatable bonds is 4. The fraction of sp³-hybridized carbons (Fsp3) is 0.250. The quantitative estimate of drug-likeness (QED) is 0.327. The first-order chi connectivity index (χ1) is 14.3. The number of halogens is 1. The first-order valence-corrected chi connectivity index (χ1v) is 10.6. The summed E-state index contributed by atoms with van der Waals surface area (Å²) in [6.07, 6.45) is 3.20. The lowest BCUT2D eigenvalue weighted by molar-refractivity contribution is -0.659. The molecule has 0 aliphatic rings. The summed E-state index contributed by atoms with van der Waals surface area (Å²) in [6.45, 7) is 8.79. The number of benzene rings is 3. The molecule has 0 amide bonds. The van der Waals surface area contributed by atoms with E-state index in [0.717, 1.165) is 12.0 Å². The van der Waals surface area contributed by atoms with Crippen LogP contribution in [0, 0.1) is 25.6 Å². The molecule has 0 saturated heterocycles. The average Bonchev–Trinajstić information content (AvgIpc) is 2.69. The number of aryl methyl sites for hydroxylation is 3. The maximum absolute atomic E-state index is 13.5. The third-order valence-corrected chi connectivity index (χ3v) is 5.77. The molecule has 0 fully saturated rings. The highest BCUT2D eigenvalue weighted by molar-refractivity contribution is 5.90. The topological polar surface area (TPSA) is 3.88 Å². The Morgan fingerprint density at radius 2 is 1.57 bits per heavy atom. The molecule has 2 heteroatoms. The van der Waals surface area contributed by atoms with Crippen molar-refractivity contribution in [3.63, 3.8) is 0 Å². The third kappa shape index (κ3) is 4.00. The predicted molar refractivity (Wildman–Crippen MR) is 124 cm³/mol. The zero-order chi connectivity index (χ0) is 21.4. The van der Waals surface area contributed by atoms with Crippen molar-refractivity contribution in [1.29, 1.82) is 0 Å². The summed E-state index contributed by atoms with van der Waals surface area (Å²) >= 11 is 0. The van der Waals surface area contributed by atoms with E-state index in [-0.39, 0.29) is 5.82 Å². The van der Waals surface area contributed by atoms with Gasteiger partial charge in [-0.15, -0.1) is 0 Å². The smallest absolute Gasteiger partial charge is 0.207 e. The van der Waals surface area contributed by atoms with Crippen molar-refractivity contribution in [2.45, 2.75) is 34.1 Å². The summed E-state index contributed by atoms with van der Waals surface area (Å²) in [4.78, 5) is 0. The first-order valence-electron chi connectivity index (χ1n) is 10.6. The minimum atomic E-state index is -0.200. The van der Waals surface area contributed by atoms with E-state index in [1.807, 2.05) is 12.1 Å². The van der Waals surface area contributed by atoms with Crippen LogP contribution in [-0.2, 0) is 13.5 Å². The zero-order valence-corrected chi connectivity index (χ0v) is 18.5. The second kappa shape index (κ2) is 8.02. The minimum absolute atomic E-state index is 0.200. The van der Waals surface area contributed by atoms with E-state index < -0.39 is 0 Å². The van der Waals surface area contributed by atoms with Crippen molar-refractivity contribution in [2.24, 2.45) is 13.0 Å². The van der Waals surface area contributed by atoms with Crippen molar-refractivity contribution >= 4 is 10.8 Å². The second-order valence-electron chi connectivity index (χ2n) is 8.83. The Bertz CT molecular complexity index is 1220. The standard InChI is InChI=1S/C28H29FN/c1-18(2)12-23-14-22-16-28(26-13-19(3)6-7-20(26)4)30(5)17-24(22)15-27(23)21-8-10-25(29)11-9-21/h6-11,13-18H,12H2,1-5H3/q+1. The molecule has 0 aliphatic carbocycles. The molecule has 3 aromatic carbocycles. The number of hydrogen-bond acceptors (Lipinski definition) is 0. The molecule has 0 saturated carbocycles. The molecule has 0 atom stereocenters. The van der Waals surface area contributed by atoms with Crippen LogP contribution in [0.5, 0.6) is 0 Å². The molecule has 1 nitrogen and oxygen atoms in total. The van der Waals surface area contributed by atoms with Gasteiger partial charge in [0.1, 0.15) is 12.9 Å². The number of nitrogens with zero attached hydrogens (tertiary/aromatic N) is 1. The zero-order valence-electron chi connectivity index (χ0n) is 18.5. The third-order valence-electron chi connectivity index (χ3n) is 5.77. The van der Waals surface area contributed by atoms with Crippen LogP contribution >= 0.6 is 0 Å². The Labute approximate surface area is 178 Å². The summed E-state index contributed by atoms with van der Waals surface area (Å²) in [5.74, 6) is 0.342. The molecule has 1 heterocycles. The van der Waals surface area contributed by atoms with E-state index >= 15 is 0 Å². The van der Waals surface area contributed by atoms with Crippen molar-refractivity contribution in [1.82, 2.24) is 0 Å². The van der Waals surface area contributed by atoms with Crippen LogP contribution in [-0.4, -0.2) is 0 Å². The van der Waals surface area contributed by atoms with Crippen LogP contribution < -0.4 is 4.57 Å². The highest BCUT2D eigenvalue weighted by Gasteiger charge is 2.17. The molecule has 0 bridgehead atoms. The van der Waals surface area contributed by atoms with Gasteiger partial charge in [0.2, 0.25) is 5.69 Å². The lowest BCUT2D eigenvalue weighted by Gasteiger charge is -2.14. The molecule has 4 aromatic rings. The average molecular weight is 399 g/mol. The van der Waals surface area contributed by atoms with Crippen molar-refractivity contribution in [2.75, 3.05) is 0 Å². The van der Waals surface area contributed by atoms with Crippen molar-refractivity contribution < 1.29 is 8.96 Å². The number of hydrogen-bond donors (Lipinski definition) is 0. The molecule has 0 spiro atoms. The highest BCUT2D eigenvalue weighted by Crippen LogP contribution is 2.32. The van der Waals surface area contributed by atoms with Gasteiger partial charge in [-0.2, -0.15) is 0 Å². The molecule has 0 unspecified atom stereocenters. The monoisotopic (exact) mass is 398 g/mol. The van der Waals surface area contributed by atoms with Gasteiger partial charge in [0.25, 0.3) is 0 Å². The fourth-order valence-electron chi connectivity index (χ4n) is 4.23. The molecule has 0 aliphatic heterocycles. The van der Waals surface area contributed by atoms with E-state index in [2.05, 4.69) is 81.9 Å². The lowest BCUT2D eigenvalue weighted by Crippen LogP contribution is -2.30.